The minimum atomic E-state index is -0.412. The summed E-state index contributed by atoms with van der Waals surface area (Å²) in [5.41, 5.74) is 1.26. The van der Waals surface area contributed by atoms with Gasteiger partial charge in [-0.25, -0.2) is 4.79 Å². The molecule has 0 heterocycles. The third-order valence-corrected chi connectivity index (χ3v) is 2.28. The van der Waals surface area contributed by atoms with Gasteiger partial charge in [0.15, 0.2) is 0 Å². The van der Waals surface area contributed by atoms with Crippen LogP contribution in [0.1, 0.15) is 22.8 Å². The summed E-state index contributed by atoms with van der Waals surface area (Å²) in [5.74, 6) is -0.510. The van der Waals surface area contributed by atoms with E-state index in [0.29, 0.717) is 17.7 Å². The molecule has 0 fully saturated rings. The normalized spacial score (nSPS) is 10.4. The maximum Gasteiger partial charge on any atom is 0.330 e. The molecule has 0 aliphatic heterocycles. The number of ether oxygens (including phenoxy) is 1. The average Bonchev–Trinajstić information content (AvgIpc) is 2.36. The number of hydrogen-bond acceptors (Lipinski definition) is 3. The van der Waals surface area contributed by atoms with Crippen molar-refractivity contribution < 1.29 is 14.3 Å². The van der Waals surface area contributed by atoms with Gasteiger partial charge in [0.2, 0.25) is 0 Å². The van der Waals surface area contributed by atoms with E-state index in [2.05, 4.69) is 0 Å². The van der Waals surface area contributed by atoms with Crippen molar-refractivity contribution in [2.24, 2.45) is 0 Å². The van der Waals surface area contributed by atoms with E-state index in [-0.39, 0.29) is 5.91 Å². The smallest absolute Gasteiger partial charge is 0.330 e. The molecule has 0 radical (unpaired) electrons. The van der Waals surface area contributed by atoms with Gasteiger partial charge in [0.05, 0.1) is 6.61 Å². The van der Waals surface area contributed by atoms with Crippen LogP contribution < -0.4 is 0 Å². The summed E-state index contributed by atoms with van der Waals surface area (Å²) >= 11 is 0. The fourth-order valence-corrected chi connectivity index (χ4v) is 1.43. The Labute approximate surface area is 107 Å². The number of hydrogen-bond donors (Lipinski definition) is 0. The third kappa shape index (κ3) is 3.73. The first-order valence-corrected chi connectivity index (χ1v) is 5.71. The fourth-order valence-electron chi connectivity index (χ4n) is 1.43. The first-order valence-electron chi connectivity index (χ1n) is 5.71. The Hall–Kier alpha value is -2.10. The summed E-state index contributed by atoms with van der Waals surface area (Å²) in [5, 5.41) is 0. The standard InChI is InChI=1S/C14H17NO3/c1-4-18-13(16)10-9-11-7-5-6-8-12(11)14(17)15(2)3/h5-10H,4H2,1-3H3/b10-9+. The molecule has 0 aromatic heterocycles. The van der Waals surface area contributed by atoms with Crippen LogP contribution in [-0.4, -0.2) is 37.5 Å². The van der Waals surface area contributed by atoms with Crippen LogP contribution in [0, 0.1) is 0 Å². The number of carbonyl (C=O) groups excluding carboxylic acids is 2. The number of rotatable bonds is 4. The molecular weight excluding hydrogens is 230 g/mol. The highest BCUT2D eigenvalue weighted by atomic mass is 16.5. The average molecular weight is 247 g/mol. The highest BCUT2D eigenvalue weighted by molar-refractivity contribution is 5.98. The maximum atomic E-state index is 11.9. The molecular formula is C14H17NO3. The molecule has 18 heavy (non-hydrogen) atoms. The van der Waals surface area contributed by atoms with Gasteiger partial charge < -0.3 is 9.64 Å². The lowest BCUT2D eigenvalue weighted by atomic mass is 10.1. The minimum absolute atomic E-state index is 0.0980. The van der Waals surface area contributed by atoms with Crippen LogP contribution >= 0.6 is 0 Å². The molecule has 0 unspecified atom stereocenters. The first-order chi connectivity index (χ1) is 8.56. The summed E-state index contributed by atoms with van der Waals surface area (Å²) in [6.45, 7) is 2.08. The first kappa shape index (κ1) is 14.0. The highest BCUT2D eigenvalue weighted by Gasteiger charge is 2.10. The zero-order valence-corrected chi connectivity index (χ0v) is 10.8. The molecule has 0 aliphatic carbocycles. The molecule has 1 rings (SSSR count). The van der Waals surface area contributed by atoms with Crippen molar-refractivity contribution in [2.75, 3.05) is 20.7 Å². The molecule has 0 bridgehead atoms. The van der Waals surface area contributed by atoms with Gasteiger partial charge in [-0.05, 0) is 24.6 Å². The largest absolute Gasteiger partial charge is 0.463 e. The Bertz CT molecular complexity index is 464. The van der Waals surface area contributed by atoms with E-state index >= 15 is 0 Å². The molecule has 0 saturated heterocycles. The summed E-state index contributed by atoms with van der Waals surface area (Å²) in [6.07, 6.45) is 2.92. The van der Waals surface area contributed by atoms with Gasteiger partial charge in [0.25, 0.3) is 5.91 Å². The highest BCUT2D eigenvalue weighted by Crippen LogP contribution is 2.12. The lowest BCUT2D eigenvalue weighted by Crippen LogP contribution is -2.22. The van der Waals surface area contributed by atoms with E-state index in [1.54, 1.807) is 45.3 Å². The number of benzene rings is 1. The predicted molar refractivity (Wildman–Crippen MR) is 70.1 cm³/mol. The second kappa shape index (κ2) is 6.59. The second-order valence-electron chi connectivity index (χ2n) is 3.87. The molecule has 1 aromatic rings. The monoisotopic (exact) mass is 247 g/mol. The van der Waals surface area contributed by atoms with Crippen LogP contribution in [0.3, 0.4) is 0 Å². The topological polar surface area (TPSA) is 46.6 Å². The van der Waals surface area contributed by atoms with E-state index in [1.807, 2.05) is 6.07 Å². The van der Waals surface area contributed by atoms with Crippen molar-refractivity contribution in [2.45, 2.75) is 6.92 Å². The summed E-state index contributed by atoms with van der Waals surface area (Å²) in [4.78, 5) is 24.6. The van der Waals surface area contributed by atoms with Gasteiger partial charge in [0, 0.05) is 25.7 Å². The number of carbonyl (C=O) groups is 2. The van der Waals surface area contributed by atoms with Crippen LogP contribution in [0.4, 0.5) is 0 Å². The molecule has 0 atom stereocenters. The number of esters is 1. The molecule has 1 aromatic carbocycles. The molecule has 96 valence electrons. The lowest BCUT2D eigenvalue weighted by Gasteiger charge is -2.12. The Morgan fingerprint density at radius 2 is 1.94 bits per heavy atom. The Balaban J connectivity index is 2.96. The third-order valence-electron chi connectivity index (χ3n) is 2.28. The quantitative estimate of drug-likeness (QED) is 0.603. The summed E-state index contributed by atoms with van der Waals surface area (Å²) < 4.78 is 4.79. The van der Waals surface area contributed by atoms with Gasteiger partial charge in [0.1, 0.15) is 0 Å². The molecule has 0 aliphatic rings. The van der Waals surface area contributed by atoms with Crippen LogP contribution in [0.25, 0.3) is 6.08 Å². The number of amides is 1. The van der Waals surface area contributed by atoms with Crippen molar-refractivity contribution in [1.29, 1.82) is 0 Å². The Morgan fingerprint density at radius 3 is 2.56 bits per heavy atom. The van der Waals surface area contributed by atoms with E-state index in [4.69, 9.17) is 4.74 Å². The van der Waals surface area contributed by atoms with Crippen molar-refractivity contribution in [3.8, 4) is 0 Å². The van der Waals surface area contributed by atoms with Gasteiger partial charge in [-0.1, -0.05) is 18.2 Å². The summed E-state index contributed by atoms with van der Waals surface area (Å²) in [7, 11) is 3.38. The number of nitrogens with zero attached hydrogens (tertiary/aromatic N) is 1. The van der Waals surface area contributed by atoms with E-state index < -0.39 is 5.97 Å². The van der Waals surface area contributed by atoms with Crippen molar-refractivity contribution in [1.82, 2.24) is 4.90 Å². The van der Waals surface area contributed by atoms with Gasteiger partial charge >= 0.3 is 5.97 Å². The van der Waals surface area contributed by atoms with E-state index in [0.717, 1.165) is 0 Å². The maximum absolute atomic E-state index is 11.9. The minimum Gasteiger partial charge on any atom is -0.463 e. The van der Waals surface area contributed by atoms with Crippen molar-refractivity contribution in [3.05, 3.63) is 41.5 Å². The Morgan fingerprint density at radius 1 is 1.28 bits per heavy atom. The van der Waals surface area contributed by atoms with Crippen molar-refractivity contribution >= 4 is 18.0 Å². The SMILES string of the molecule is CCOC(=O)/C=C/c1ccccc1C(=O)N(C)C. The summed E-state index contributed by atoms with van der Waals surface area (Å²) in [6, 6.07) is 7.12. The van der Waals surface area contributed by atoms with Crippen LogP contribution in [0.5, 0.6) is 0 Å². The van der Waals surface area contributed by atoms with Gasteiger partial charge in [-0.3, -0.25) is 4.79 Å². The zero-order chi connectivity index (χ0) is 13.5. The van der Waals surface area contributed by atoms with Gasteiger partial charge in [-0.15, -0.1) is 0 Å². The molecule has 4 heteroatoms. The van der Waals surface area contributed by atoms with Crippen molar-refractivity contribution in [3.63, 3.8) is 0 Å². The molecule has 0 saturated carbocycles. The van der Waals surface area contributed by atoms with Gasteiger partial charge in [-0.2, -0.15) is 0 Å². The van der Waals surface area contributed by atoms with Crippen LogP contribution in [0.15, 0.2) is 30.3 Å². The van der Waals surface area contributed by atoms with E-state index in [1.165, 1.54) is 11.0 Å². The van der Waals surface area contributed by atoms with Crippen LogP contribution in [0.2, 0.25) is 0 Å². The lowest BCUT2D eigenvalue weighted by molar-refractivity contribution is -0.137. The van der Waals surface area contributed by atoms with Crippen LogP contribution in [-0.2, 0) is 9.53 Å². The fraction of sp³-hybridized carbons (Fsp3) is 0.286. The Kier molecular flexibility index (Phi) is 5.11. The molecule has 0 N–H and O–H groups in total. The van der Waals surface area contributed by atoms with E-state index in [9.17, 15) is 9.59 Å². The predicted octanol–water partition coefficient (Wildman–Crippen LogP) is 1.96. The zero-order valence-electron chi connectivity index (χ0n) is 10.8. The second-order valence-corrected chi connectivity index (χ2v) is 3.87. The molecule has 1 amide bonds. The molecule has 4 nitrogen and oxygen atoms in total. The molecule has 0 spiro atoms.